The third-order valence-corrected chi connectivity index (χ3v) is 2.81. The van der Waals surface area contributed by atoms with E-state index in [1.807, 2.05) is 31.2 Å². The SMILES string of the molecule is CCOc1ccc(OCCCN(C)C(=O)CCl)cc1. The Kier molecular flexibility index (Phi) is 7.11. The molecule has 0 aliphatic carbocycles. The molecule has 0 saturated carbocycles. The molecule has 0 heterocycles. The van der Waals surface area contributed by atoms with Gasteiger partial charge in [0.05, 0.1) is 13.2 Å². The van der Waals surface area contributed by atoms with Gasteiger partial charge in [-0.25, -0.2) is 0 Å². The maximum Gasteiger partial charge on any atom is 0.237 e. The molecule has 0 spiro atoms. The molecule has 0 saturated heterocycles. The first kappa shape index (κ1) is 15.6. The number of nitrogens with zero attached hydrogens (tertiary/aromatic N) is 1. The second-order valence-electron chi connectivity index (χ2n) is 4.06. The van der Waals surface area contributed by atoms with Crippen molar-refractivity contribution in [2.75, 3.05) is 32.7 Å². The minimum atomic E-state index is -0.0669. The summed E-state index contributed by atoms with van der Waals surface area (Å²) in [7, 11) is 1.74. The molecule has 106 valence electrons. The van der Waals surface area contributed by atoms with Crippen LogP contribution in [-0.2, 0) is 4.79 Å². The highest BCUT2D eigenvalue weighted by molar-refractivity contribution is 6.27. The van der Waals surface area contributed by atoms with E-state index in [0.29, 0.717) is 19.8 Å². The number of benzene rings is 1. The van der Waals surface area contributed by atoms with Crippen molar-refractivity contribution < 1.29 is 14.3 Å². The van der Waals surface area contributed by atoms with E-state index in [1.165, 1.54) is 0 Å². The average Bonchev–Trinajstić information content (AvgIpc) is 2.44. The van der Waals surface area contributed by atoms with Gasteiger partial charge in [-0.15, -0.1) is 11.6 Å². The Morgan fingerprint density at radius 2 is 1.79 bits per heavy atom. The summed E-state index contributed by atoms with van der Waals surface area (Å²) in [6, 6.07) is 7.50. The van der Waals surface area contributed by atoms with Crippen molar-refractivity contribution in [3.63, 3.8) is 0 Å². The van der Waals surface area contributed by atoms with E-state index < -0.39 is 0 Å². The van der Waals surface area contributed by atoms with E-state index in [-0.39, 0.29) is 11.8 Å². The zero-order valence-corrected chi connectivity index (χ0v) is 12.2. The highest BCUT2D eigenvalue weighted by Crippen LogP contribution is 2.17. The van der Waals surface area contributed by atoms with E-state index in [4.69, 9.17) is 21.1 Å². The lowest BCUT2D eigenvalue weighted by Crippen LogP contribution is -2.29. The fraction of sp³-hybridized carbons (Fsp3) is 0.500. The van der Waals surface area contributed by atoms with Crippen molar-refractivity contribution in [1.29, 1.82) is 0 Å². The number of rotatable bonds is 8. The van der Waals surface area contributed by atoms with Gasteiger partial charge in [-0.3, -0.25) is 4.79 Å². The molecule has 5 heteroatoms. The van der Waals surface area contributed by atoms with E-state index in [9.17, 15) is 4.79 Å². The topological polar surface area (TPSA) is 38.8 Å². The molecule has 0 aliphatic heterocycles. The Labute approximate surface area is 119 Å². The smallest absolute Gasteiger partial charge is 0.237 e. The normalized spacial score (nSPS) is 10.1. The van der Waals surface area contributed by atoms with Gasteiger partial charge in [-0.05, 0) is 37.6 Å². The molecule has 1 aromatic carbocycles. The van der Waals surface area contributed by atoms with Gasteiger partial charge in [-0.1, -0.05) is 0 Å². The molecule has 0 atom stereocenters. The second-order valence-corrected chi connectivity index (χ2v) is 4.32. The molecule has 0 fully saturated rings. The van der Waals surface area contributed by atoms with Crippen LogP contribution in [0.1, 0.15) is 13.3 Å². The maximum atomic E-state index is 11.2. The molecule has 0 N–H and O–H groups in total. The third-order valence-electron chi connectivity index (χ3n) is 2.58. The first-order chi connectivity index (χ1) is 9.17. The fourth-order valence-corrected chi connectivity index (χ4v) is 1.72. The lowest BCUT2D eigenvalue weighted by atomic mass is 10.3. The van der Waals surface area contributed by atoms with Crippen LogP contribution in [0.4, 0.5) is 0 Å². The number of halogens is 1. The van der Waals surface area contributed by atoms with Crippen LogP contribution in [0.15, 0.2) is 24.3 Å². The van der Waals surface area contributed by atoms with Gasteiger partial charge in [0.1, 0.15) is 17.4 Å². The summed E-state index contributed by atoms with van der Waals surface area (Å²) in [5.41, 5.74) is 0. The Balaban J connectivity index is 2.24. The van der Waals surface area contributed by atoms with Crippen molar-refractivity contribution in [2.45, 2.75) is 13.3 Å². The Morgan fingerprint density at radius 3 is 2.32 bits per heavy atom. The van der Waals surface area contributed by atoms with Crippen LogP contribution < -0.4 is 9.47 Å². The van der Waals surface area contributed by atoms with Crippen molar-refractivity contribution in [2.24, 2.45) is 0 Å². The Bertz CT molecular complexity index is 381. The lowest BCUT2D eigenvalue weighted by Gasteiger charge is -2.15. The minimum Gasteiger partial charge on any atom is -0.494 e. The van der Waals surface area contributed by atoms with Crippen molar-refractivity contribution in [3.05, 3.63) is 24.3 Å². The van der Waals surface area contributed by atoms with E-state index in [2.05, 4.69) is 0 Å². The summed E-state index contributed by atoms with van der Waals surface area (Å²) in [6.07, 6.45) is 0.770. The monoisotopic (exact) mass is 285 g/mol. The van der Waals surface area contributed by atoms with Gasteiger partial charge in [0.2, 0.25) is 5.91 Å². The summed E-state index contributed by atoms with van der Waals surface area (Å²) >= 11 is 5.46. The molecule has 0 unspecified atom stereocenters. The van der Waals surface area contributed by atoms with Gasteiger partial charge in [-0.2, -0.15) is 0 Å². The van der Waals surface area contributed by atoms with Crippen LogP contribution >= 0.6 is 11.6 Å². The third kappa shape index (κ3) is 5.83. The maximum absolute atomic E-state index is 11.2. The highest BCUT2D eigenvalue weighted by atomic mass is 35.5. The molecule has 1 amide bonds. The van der Waals surface area contributed by atoms with Crippen molar-refractivity contribution >= 4 is 17.5 Å². The standard InChI is InChI=1S/C14H20ClNO3/c1-3-18-12-5-7-13(8-6-12)19-10-4-9-16(2)14(17)11-15/h5-8H,3-4,9-11H2,1-2H3. The van der Waals surface area contributed by atoms with Gasteiger partial charge in [0.25, 0.3) is 0 Å². The van der Waals surface area contributed by atoms with Gasteiger partial charge < -0.3 is 14.4 Å². The fourth-order valence-electron chi connectivity index (χ4n) is 1.52. The van der Waals surface area contributed by atoms with Crippen molar-refractivity contribution in [1.82, 2.24) is 4.90 Å². The summed E-state index contributed by atoms with van der Waals surface area (Å²) in [6.45, 7) is 3.81. The number of alkyl halides is 1. The Hall–Kier alpha value is -1.42. The number of carbonyl (C=O) groups excluding carboxylic acids is 1. The summed E-state index contributed by atoms with van der Waals surface area (Å²) in [4.78, 5) is 12.8. The number of amides is 1. The highest BCUT2D eigenvalue weighted by Gasteiger charge is 2.05. The minimum absolute atomic E-state index is 0.0241. The number of ether oxygens (including phenoxy) is 2. The molecular formula is C14H20ClNO3. The van der Waals surface area contributed by atoms with Crippen LogP contribution in [0.2, 0.25) is 0 Å². The zero-order valence-electron chi connectivity index (χ0n) is 11.4. The molecule has 1 aromatic rings. The molecule has 1 rings (SSSR count). The molecule has 0 bridgehead atoms. The van der Waals surface area contributed by atoms with Crippen molar-refractivity contribution in [3.8, 4) is 11.5 Å². The van der Waals surface area contributed by atoms with Gasteiger partial charge in [0.15, 0.2) is 0 Å². The van der Waals surface area contributed by atoms with Crippen LogP contribution in [0, 0.1) is 0 Å². The van der Waals surface area contributed by atoms with Gasteiger partial charge in [0, 0.05) is 13.6 Å². The number of hydrogen-bond acceptors (Lipinski definition) is 3. The molecule has 0 aliphatic rings. The Morgan fingerprint density at radius 1 is 1.21 bits per heavy atom. The van der Waals surface area contributed by atoms with Crippen LogP contribution in [0.25, 0.3) is 0 Å². The number of hydrogen-bond donors (Lipinski definition) is 0. The largest absolute Gasteiger partial charge is 0.494 e. The molecule has 0 aromatic heterocycles. The first-order valence-electron chi connectivity index (χ1n) is 6.33. The predicted octanol–water partition coefficient (Wildman–Crippen LogP) is 2.55. The molecule has 0 radical (unpaired) electrons. The quantitative estimate of drug-likeness (QED) is 0.544. The second kappa shape index (κ2) is 8.64. The predicted molar refractivity (Wildman–Crippen MR) is 76.1 cm³/mol. The number of carbonyl (C=O) groups is 1. The molecular weight excluding hydrogens is 266 g/mol. The van der Waals surface area contributed by atoms with Gasteiger partial charge >= 0.3 is 0 Å². The van der Waals surface area contributed by atoms with Crippen LogP contribution in [-0.4, -0.2) is 43.5 Å². The average molecular weight is 286 g/mol. The van der Waals surface area contributed by atoms with E-state index >= 15 is 0 Å². The van der Waals surface area contributed by atoms with E-state index in [0.717, 1.165) is 17.9 Å². The summed E-state index contributed by atoms with van der Waals surface area (Å²) in [5, 5.41) is 0. The van der Waals surface area contributed by atoms with Crippen LogP contribution in [0.3, 0.4) is 0 Å². The molecule has 4 nitrogen and oxygen atoms in total. The summed E-state index contributed by atoms with van der Waals surface area (Å²) < 4.78 is 10.9. The summed E-state index contributed by atoms with van der Waals surface area (Å²) in [5.74, 6) is 1.59. The van der Waals surface area contributed by atoms with E-state index in [1.54, 1.807) is 11.9 Å². The first-order valence-corrected chi connectivity index (χ1v) is 6.86. The molecule has 19 heavy (non-hydrogen) atoms. The van der Waals surface area contributed by atoms with Crippen LogP contribution in [0.5, 0.6) is 11.5 Å². The lowest BCUT2D eigenvalue weighted by molar-refractivity contribution is -0.127. The zero-order chi connectivity index (χ0) is 14.1.